The topological polar surface area (TPSA) is 292 Å². The van der Waals surface area contributed by atoms with Gasteiger partial charge in [0.1, 0.15) is 36.0 Å². The normalized spacial score (nSPS) is 13.6. The predicted octanol–water partition coefficient (Wildman–Crippen LogP) is 2.34. The number of aromatic hydroxyl groups is 1. The molecule has 64 heavy (non-hydrogen) atoms. The number of benzene rings is 2. The van der Waals surface area contributed by atoms with Crippen LogP contribution in [0.15, 0.2) is 59.7 Å². The van der Waals surface area contributed by atoms with E-state index in [1.54, 1.807) is 25.3 Å². The smallest absolute Gasteiger partial charge is 0.328 e. The number of unbranched alkanes of at least 4 members (excludes halogenated alkanes) is 2. The second-order valence-electron chi connectivity index (χ2n) is 16.8. The third kappa shape index (κ3) is 18.3. The van der Waals surface area contributed by atoms with Gasteiger partial charge in [0.2, 0.25) is 29.5 Å². The molecule has 352 valence electrons. The summed E-state index contributed by atoms with van der Waals surface area (Å²) in [6, 6.07) is 7.29. The minimum Gasteiger partial charge on any atom is -0.508 e. The van der Waals surface area contributed by atoms with E-state index in [9.17, 15) is 39.0 Å². The highest BCUT2D eigenvalue weighted by atomic mass is 16.5. The second kappa shape index (κ2) is 27.1. The number of para-hydroxylation sites is 1. The number of hydrogen-bond donors (Lipinski definition) is 10. The van der Waals surface area contributed by atoms with Crippen molar-refractivity contribution in [2.75, 3.05) is 19.8 Å². The molecule has 3 aromatic rings. The first-order valence-corrected chi connectivity index (χ1v) is 22.2. The van der Waals surface area contributed by atoms with Gasteiger partial charge < -0.3 is 58.0 Å². The molecule has 0 saturated heterocycles. The van der Waals surface area contributed by atoms with Crippen LogP contribution in [-0.4, -0.2) is 107 Å². The molecule has 0 aliphatic heterocycles. The van der Waals surface area contributed by atoms with Crippen molar-refractivity contribution in [3.63, 3.8) is 0 Å². The summed E-state index contributed by atoms with van der Waals surface area (Å²) in [6.07, 6.45) is 6.00. The number of hydrogen-bond acceptors (Lipinski definition) is 10. The van der Waals surface area contributed by atoms with Crippen LogP contribution in [0.4, 0.5) is 0 Å². The van der Waals surface area contributed by atoms with E-state index in [0.717, 1.165) is 30.2 Å². The van der Waals surface area contributed by atoms with Crippen LogP contribution < -0.4 is 38.1 Å². The van der Waals surface area contributed by atoms with E-state index in [2.05, 4.69) is 50.4 Å². The van der Waals surface area contributed by atoms with Crippen molar-refractivity contribution in [2.24, 2.45) is 28.3 Å². The van der Waals surface area contributed by atoms with Gasteiger partial charge in [-0.3, -0.25) is 29.0 Å². The van der Waals surface area contributed by atoms with Crippen molar-refractivity contribution >= 4 is 52.4 Å². The van der Waals surface area contributed by atoms with Crippen LogP contribution in [0, 0.1) is 11.8 Å². The highest BCUT2D eigenvalue weighted by Crippen LogP contribution is 2.20. The Morgan fingerprint density at radius 2 is 1.31 bits per heavy atom. The highest BCUT2D eigenvalue weighted by molar-refractivity contribution is 5.96. The molecule has 0 bridgehead atoms. The largest absolute Gasteiger partial charge is 0.508 e. The number of guanidine groups is 1. The van der Waals surface area contributed by atoms with Crippen LogP contribution >= 0.6 is 0 Å². The minimum atomic E-state index is -1.53. The second-order valence-corrected chi connectivity index (χ2v) is 16.8. The number of phenolic OH excluding ortho intramolecular Hbond substituents is 1. The fourth-order valence-electron chi connectivity index (χ4n) is 7.07. The zero-order valence-corrected chi connectivity index (χ0v) is 37.8. The van der Waals surface area contributed by atoms with Crippen LogP contribution in [0.3, 0.4) is 0 Å². The monoisotopic (exact) mass is 892 g/mol. The van der Waals surface area contributed by atoms with Crippen molar-refractivity contribution < 1.29 is 43.7 Å². The van der Waals surface area contributed by atoms with E-state index >= 15 is 0 Å². The number of ether oxygens (including phenoxy) is 1. The van der Waals surface area contributed by atoms with Gasteiger partial charge >= 0.3 is 5.97 Å². The summed E-state index contributed by atoms with van der Waals surface area (Å²) in [5, 5.41) is 34.5. The molecule has 0 radical (unpaired) electrons. The quantitative estimate of drug-likeness (QED) is 0.0219. The van der Waals surface area contributed by atoms with E-state index in [1.807, 2.05) is 38.1 Å². The number of aliphatic hydroxyl groups is 1. The number of carbonyl (C=O) groups is 6. The Morgan fingerprint density at radius 3 is 1.95 bits per heavy atom. The molecule has 0 fully saturated rings. The van der Waals surface area contributed by atoms with Crippen molar-refractivity contribution in [3.05, 3.63) is 65.9 Å². The molecule has 1 aromatic heterocycles. The lowest BCUT2D eigenvalue weighted by Gasteiger charge is -2.27. The SMILES string of the molecule is CCOC(=O)[C@H](CCCN=C(N)N)NC(=O)[C@H](Cc1c[nH]c2ccccc12)NC(=O)[C@@H](CC(C)C)NC(=O)[C@H](CO)NC(=O)[C@@H](Cc1ccc(O)cc1)NC(=O)CCCCCC(C)C. The van der Waals surface area contributed by atoms with Crippen LogP contribution in [0.1, 0.15) is 97.1 Å². The Bertz CT molecular complexity index is 2000. The third-order valence-corrected chi connectivity index (χ3v) is 10.4. The van der Waals surface area contributed by atoms with Crippen LogP contribution in [-0.2, 0) is 46.3 Å². The van der Waals surface area contributed by atoms with E-state index in [0.29, 0.717) is 29.9 Å². The molecule has 18 nitrogen and oxygen atoms in total. The van der Waals surface area contributed by atoms with E-state index < -0.39 is 66.4 Å². The van der Waals surface area contributed by atoms with Crippen LogP contribution in [0.5, 0.6) is 5.75 Å². The number of aromatic amines is 1. The molecule has 0 aliphatic carbocycles. The number of H-pyrrole nitrogens is 1. The average Bonchev–Trinajstić information content (AvgIpc) is 3.65. The average molecular weight is 892 g/mol. The highest BCUT2D eigenvalue weighted by Gasteiger charge is 2.33. The van der Waals surface area contributed by atoms with Gasteiger partial charge in [0.05, 0.1) is 13.2 Å². The number of fused-ring (bicyclic) bond motifs is 1. The van der Waals surface area contributed by atoms with Gasteiger partial charge in [0.25, 0.3) is 0 Å². The lowest BCUT2D eigenvalue weighted by molar-refractivity contribution is -0.148. The summed E-state index contributed by atoms with van der Waals surface area (Å²) in [5.41, 5.74) is 13.0. The fraction of sp³-hybridized carbons (Fsp3) is 0.543. The Labute approximate surface area is 375 Å². The minimum absolute atomic E-state index is 0.00507. The van der Waals surface area contributed by atoms with Crippen LogP contribution in [0.25, 0.3) is 10.9 Å². The lowest BCUT2D eigenvalue weighted by Crippen LogP contribution is -2.60. The van der Waals surface area contributed by atoms with Gasteiger partial charge in [-0.05, 0) is 73.8 Å². The summed E-state index contributed by atoms with van der Waals surface area (Å²) in [5.74, 6) is -3.76. The summed E-state index contributed by atoms with van der Waals surface area (Å²) in [6.45, 7) is 9.00. The first-order chi connectivity index (χ1) is 30.5. The van der Waals surface area contributed by atoms with E-state index in [-0.39, 0.29) is 68.8 Å². The Morgan fingerprint density at radius 1 is 0.703 bits per heavy atom. The maximum atomic E-state index is 14.2. The number of esters is 1. The Kier molecular flexibility index (Phi) is 22.1. The van der Waals surface area contributed by atoms with Crippen molar-refractivity contribution in [1.29, 1.82) is 0 Å². The zero-order valence-electron chi connectivity index (χ0n) is 37.8. The summed E-state index contributed by atoms with van der Waals surface area (Å²) >= 11 is 0. The number of rotatable bonds is 28. The van der Waals surface area contributed by atoms with Gasteiger partial charge in [-0.1, -0.05) is 77.3 Å². The first-order valence-electron chi connectivity index (χ1n) is 22.2. The standard InChI is InChI=1S/C46H69N9O9/c1-6-64-45(63)35(16-12-22-49-46(47)48)52-43(61)38(25-31-26-50-34-15-11-10-14-33(31)34)54-41(59)36(23-29(4)5)53-44(62)39(27-56)55-42(60)37(24-30-18-20-32(57)21-19-30)51-40(58)17-9-7-8-13-28(2)3/h10-11,14-15,18-21,26,28-29,35-39,50,56-57H,6-9,12-13,16-17,22-25,27H2,1-5H3,(H,51,58)(H,52,61)(H,53,62)(H,54,59)(H,55,60)(H4,47,48,49)/t35-,36+,37+,38-,39-/m0/s1. The summed E-state index contributed by atoms with van der Waals surface area (Å²) in [4.78, 5) is 89.1. The molecule has 0 unspecified atom stereocenters. The van der Waals surface area contributed by atoms with Crippen LogP contribution in [0.2, 0.25) is 0 Å². The summed E-state index contributed by atoms with van der Waals surface area (Å²) < 4.78 is 5.23. The van der Waals surface area contributed by atoms with E-state index in [1.165, 1.54) is 12.1 Å². The third-order valence-electron chi connectivity index (χ3n) is 10.4. The maximum Gasteiger partial charge on any atom is 0.328 e. The molecular weight excluding hydrogens is 823 g/mol. The van der Waals surface area contributed by atoms with Gasteiger partial charge in [-0.2, -0.15) is 0 Å². The maximum absolute atomic E-state index is 14.2. The number of amides is 5. The van der Waals surface area contributed by atoms with Crippen molar-refractivity contribution in [2.45, 2.75) is 129 Å². The molecule has 5 atom stereocenters. The zero-order chi connectivity index (χ0) is 47.2. The number of aliphatic hydroxyl groups excluding tert-OH is 1. The number of aromatic nitrogens is 1. The number of phenols is 1. The molecule has 1 heterocycles. The lowest BCUT2D eigenvalue weighted by atomic mass is 10.00. The Hall–Kier alpha value is -6.17. The molecule has 3 rings (SSSR count). The number of nitrogens with zero attached hydrogens (tertiary/aromatic N) is 1. The molecule has 2 aromatic carbocycles. The number of nitrogens with one attached hydrogen (secondary N) is 6. The molecule has 5 amide bonds. The van der Waals surface area contributed by atoms with E-state index in [4.69, 9.17) is 16.2 Å². The van der Waals surface area contributed by atoms with Gasteiger partial charge in [0, 0.05) is 42.9 Å². The molecule has 0 aliphatic rings. The number of nitrogens with two attached hydrogens (primary N) is 2. The van der Waals surface area contributed by atoms with Gasteiger partial charge in [-0.25, -0.2) is 4.79 Å². The summed E-state index contributed by atoms with van der Waals surface area (Å²) in [7, 11) is 0. The number of aliphatic imine (C=N–C) groups is 1. The molecule has 18 heteroatoms. The Balaban J connectivity index is 1.83. The first kappa shape index (κ1) is 52.2. The van der Waals surface area contributed by atoms with Gasteiger partial charge in [0.15, 0.2) is 5.96 Å². The van der Waals surface area contributed by atoms with Crippen molar-refractivity contribution in [3.8, 4) is 5.75 Å². The van der Waals surface area contributed by atoms with Gasteiger partial charge in [-0.15, -0.1) is 0 Å². The van der Waals surface area contributed by atoms with Crippen molar-refractivity contribution in [1.82, 2.24) is 31.6 Å². The predicted molar refractivity (Wildman–Crippen MR) is 244 cm³/mol. The fourth-order valence-corrected chi connectivity index (χ4v) is 7.07. The molecule has 0 spiro atoms. The molecule has 0 saturated carbocycles. The molecule has 12 N–H and O–H groups in total. The number of carbonyl (C=O) groups excluding carboxylic acids is 6. The molecular formula is C46H69N9O9.